The van der Waals surface area contributed by atoms with Crippen molar-refractivity contribution in [1.29, 1.82) is 0 Å². The Morgan fingerprint density at radius 2 is 2.25 bits per heavy atom. The molecule has 1 atom stereocenters. The summed E-state index contributed by atoms with van der Waals surface area (Å²) in [6, 6.07) is 0.495. The highest BCUT2D eigenvalue weighted by Gasteiger charge is 2.03. The fourth-order valence-corrected chi connectivity index (χ4v) is 0.735. The zero-order valence-corrected chi connectivity index (χ0v) is 8.13. The molecule has 0 aromatic carbocycles. The number of rotatable bonds is 5. The predicted molar refractivity (Wildman–Crippen MR) is 51.0 cm³/mol. The standard InChI is InChI=1S/C9H18N2O/c1-5-9(12)10-7-6-8(2)11(3)4/h5,8H,1,6-7H2,2-4H3,(H,10,12). The fourth-order valence-electron chi connectivity index (χ4n) is 0.735. The van der Waals surface area contributed by atoms with Gasteiger partial charge in [-0.2, -0.15) is 0 Å². The number of carbonyl (C=O) groups excluding carboxylic acids is 1. The van der Waals surface area contributed by atoms with Crippen molar-refractivity contribution >= 4 is 5.91 Å². The van der Waals surface area contributed by atoms with Gasteiger partial charge in [0.15, 0.2) is 0 Å². The lowest BCUT2D eigenvalue weighted by molar-refractivity contribution is -0.116. The number of nitrogens with zero attached hydrogens (tertiary/aromatic N) is 1. The molecule has 3 heteroatoms. The van der Waals surface area contributed by atoms with E-state index in [9.17, 15) is 4.79 Å². The highest BCUT2D eigenvalue weighted by atomic mass is 16.1. The van der Waals surface area contributed by atoms with E-state index in [1.807, 2.05) is 14.1 Å². The summed E-state index contributed by atoms with van der Waals surface area (Å²) < 4.78 is 0. The number of hydrogen-bond acceptors (Lipinski definition) is 2. The lowest BCUT2D eigenvalue weighted by Crippen LogP contribution is -2.30. The number of nitrogens with one attached hydrogen (secondary N) is 1. The molecule has 1 N–H and O–H groups in total. The van der Waals surface area contributed by atoms with Crippen molar-refractivity contribution in [3.05, 3.63) is 12.7 Å². The van der Waals surface area contributed by atoms with Crippen molar-refractivity contribution < 1.29 is 4.79 Å². The summed E-state index contributed by atoms with van der Waals surface area (Å²) in [7, 11) is 4.06. The highest BCUT2D eigenvalue weighted by molar-refractivity contribution is 5.86. The number of hydrogen-bond donors (Lipinski definition) is 1. The summed E-state index contributed by atoms with van der Waals surface area (Å²) in [5.74, 6) is -0.0963. The van der Waals surface area contributed by atoms with Crippen LogP contribution in [0.2, 0.25) is 0 Å². The molecule has 12 heavy (non-hydrogen) atoms. The molecule has 0 fully saturated rings. The molecule has 3 nitrogen and oxygen atoms in total. The topological polar surface area (TPSA) is 32.3 Å². The third-order valence-corrected chi connectivity index (χ3v) is 1.93. The van der Waals surface area contributed by atoms with Crippen molar-refractivity contribution in [2.75, 3.05) is 20.6 Å². The zero-order chi connectivity index (χ0) is 9.56. The monoisotopic (exact) mass is 170 g/mol. The first-order valence-electron chi connectivity index (χ1n) is 4.14. The van der Waals surface area contributed by atoms with Gasteiger partial charge in [0, 0.05) is 12.6 Å². The first-order chi connectivity index (χ1) is 5.57. The summed E-state index contributed by atoms with van der Waals surface area (Å²) >= 11 is 0. The molecular weight excluding hydrogens is 152 g/mol. The van der Waals surface area contributed by atoms with Crippen LogP contribution < -0.4 is 5.32 Å². The van der Waals surface area contributed by atoms with E-state index in [1.165, 1.54) is 6.08 Å². The Kier molecular flexibility index (Phi) is 5.37. The minimum atomic E-state index is -0.0963. The smallest absolute Gasteiger partial charge is 0.243 e. The molecular formula is C9H18N2O. The van der Waals surface area contributed by atoms with E-state index in [-0.39, 0.29) is 5.91 Å². The average Bonchev–Trinajstić information content (AvgIpc) is 2.03. The van der Waals surface area contributed by atoms with Crippen LogP contribution in [0.5, 0.6) is 0 Å². The molecule has 0 heterocycles. The molecule has 0 aromatic rings. The Morgan fingerprint density at radius 1 is 1.67 bits per heavy atom. The van der Waals surface area contributed by atoms with Gasteiger partial charge in [0.1, 0.15) is 0 Å². The summed E-state index contributed by atoms with van der Waals surface area (Å²) in [5.41, 5.74) is 0. The van der Waals surface area contributed by atoms with Crippen molar-refractivity contribution in [1.82, 2.24) is 10.2 Å². The average molecular weight is 170 g/mol. The van der Waals surface area contributed by atoms with Crippen molar-refractivity contribution in [3.63, 3.8) is 0 Å². The Labute approximate surface area is 74.4 Å². The molecule has 0 aliphatic rings. The van der Waals surface area contributed by atoms with Gasteiger partial charge in [-0.3, -0.25) is 4.79 Å². The van der Waals surface area contributed by atoms with Crippen LogP contribution in [0.25, 0.3) is 0 Å². The Balaban J connectivity index is 3.43. The van der Waals surface area contributed by atoms with Crippen molar-refractivity contribution in [2.24, 2.45) is 0 Å². The Bertz CT molecular complexity index is 155. The summed E-state index contributed by atoms with van der Waals surface area (Å²) in [6.45, 7) is 6.21. The fraction of sp³-hybridized carbons (Fsp3) is 0.667. The molecule has 0 aliphatic heterocycles. The third kappa shape index (κ3) is 4.91. The molecule has 0 radical (unpaired) electrons. The molecule has 0 aromatic heterocycles. The molecule has 70 valence electrons. The zero-order valence-electron chi connectivity index (χ0n) is 8.13. The quantitative estimate of drug-likeness (QED) is 0.614. The minimum absolute atomic E-state index is 0.0963. The van der Waals surface area contributed by atoms with Crippen LogP contribution in [-0.4, -0.2) is 37.5 Å². The second kappa shape index (κ2) is 5.77. The van der Waals surface area contributed by atoms with E-state index in [2.05, 4.69) is 23.7 Å². The predicted octanol–water partition coefficient (Wildman–Crippen LogP) is 0.629. The van der Waals surface area contributed by atoms with Crippen LogP contribution in [0.15, 0.2) is 12.7 Å². The van der Waals surface area contributed by atoms with Gasteiger partial charge in [-0.1, -0.05) is 6.58 Å². The molecule has 0 rings (SSSR count). The molecule has 0 spiro atoms. The Hall–Kier alpha value is -0.830. The van der Waals surface area contributed by atoms with Gasteiger partial charge < -0.3 is 10.2 Å². The number of amides is 1. The molecule has 0 saturated heterocycles. The van der Waals surface area contributed by atoms with Crippen LogP contribution >= 0.6 is 0 Å². The van der Waals surface area contributed by atoms with Crippen LogP contribution in [-0.2, 0) is 4.79 Å². The van der Waals surface area contributed by atoms with Gasteiger partial charge in [-0.15, -0.1) is 0 Å². The van der Waals surface area contributed by atoms with E-state index < -0.39 is 0 Å². The summed E-state index contributed by atoms with van der Waals surface area (Å²) in [6.07, 6.45) is 2.26. The maximum Gasteiger partial charge on any atom is 0.243 e. The maximum absolute atomic E-state index is 10.7. The minimum Gasteiger partial charge on any atom is -0.353 e. The van der Waals surface area contributed by atoms with E-state index in [0.717, 1.165) is 6.42 Å². The first kappa shape index (κ1) is 11.2. The largest absolute Gasteiger partial charge is 0.353 e. The van der Waals surface area contributed by atoms with Gasteiger partial charge in [0.05, 0.1) is 0 Å². The lowest BCUT2D eigenvalue weighted by atomic mass is 10.2. The van der Waals surface area contributed by atoms with Crippen molar-refractivity contribution in [2.45, 2.75) is 19.4 Å². The number of carbonyl (C=O) groups is 1. The summed E-state index contributed by atoms with van der Waals surface area (Å²) in [4.78, 5) is 12.8. The van der Waals surface area contributed by atoms with Crippen LogP contribution in [0.1, 0.15) is 13.3 Å². The molecule has 0 aliphatic carbocycles. The van der Waals surface area contributed by atoms with Crippen LogP contribution in [0.3, 0.4) is 0 Å². The van der Waals surface area contributed by atoms with Gasteiger partial charge >= 0.3 is 0 Å². The van der Waals surface area contributed by atoms with Gasteiger partial charge in [0.25, 0.3) is 0 Å². The van der Waals surface area contributed by atoms with Gasteiger partial charge in [-0.25, -0.2) is 0 Å². The van der Waals surface area contributed by atoms with Crippen molar-refractivity contribution in [3.8, 4) is 0 Å². The first-order valence-corrected chi connectivity index (χ1v) is 4.14. The normalized spacial score (nSPS) is 12.7. The summed E-state index contributed by atoms with van der Waals surface area (Å²) in [5, 5.41) is 2.73. The van der Waals surface area contributed by atoms with E-state index >= 15 is 0 Å². The van der Waals surface area contributed by atoms with Crippen LogP contribution in [0, 0.1) is 0 Å². The maximum atomic E-state index is 10.7. The van der Waals surface area contributed by atoms with Gasteiger partial charge in [0.2, 0.25) is 5.91 Å². The molecule has 0 saturated carbocycles. The Morgan fingerprint density at radius 3 is 2.67 bits per heavy atom. The molecule has 1 unspecified atom stereocenters. The SMILES string of the molecule is C=CC(=O)NCCC(C)N(C)C. The second-order valence-electron chi connectivity index (χ2n) is 3.10. The third-order valence-electron chi connectivity index (χ3n) is 1.93. The van der Waals surface area contributed by atoms with Crippen LogP contribution in [0.4, 0.5) is 0 Å². The highest BCUT2D eigenvalue weighted by Crippen LogP contribution is 1.95. The van der Waals surface area contributed by atoms with E-state index in [4.69, 9.17) is 0 Å². The molecule has 0 bridgehead atoms. The second-order valence-corrected chi connectivity index (χ2v) is 3.10. The lowest BCUT2D eigenvalue weighted by Gasteiger charge is -2.19. The molecule has 1 amide bonds. The van der Waals surface area contributed by atoms with E-state index in [0.29, 0.717) is 12.6 Å². The van der Waals surface area contributed by atoms with E-state index in [1.54, 1.807) is 0 Å². The van der Waals surface area contributed by atoms with Gasteiger partial charge in [-0.05, 0) is 33.5 Å².